The maximum Gasteiger partial charge on any atom is 0.400 e. The SMILES string of the molecule is O=C1N=NC([N+](=O)[O-])=C1Cc1ccccc1. The summed E-state index contributed by atoms with van der Waals surface area (Å²) in [6.45, 7) is 0. The van der Waals surface area contributed by atoms with Crippen LogP contribution in [0.25, 0.3) is 0 Å². The molecule has 0 spiro atoms. The number of amides is 1. The molecule has 1 heterocycles. The molecule has 0 aliphatic carbocycles. The quantitative estimate of drug-likeness (QED) is 0.570. The summed E-state index contributed by atoms with van der Waals surface area (Å²) in [5.74, 6) is -1.08. The first-order chi connectivity index (χ1) is 7.68. The van der Waals surface area contributed by atoms with E-state index in [1.54, 1.807) is 24.3 Å². The predicted octanol–water partition coefficient (Wildman–Crippen LogP) is 1.71. The summed E-state index contributed by atoms with van der Waals surface area (Å²) in [7, 11) is 0. The number of benzene rings is 1. The second kappa shape index (κ2) is 4.01. The first-order valence-electron chi connectivity index (χ1n) is 4.56. The van der Waals surface area contributed by atoms with Gasteiger partial charge in [0.15, 0.2) is 0 Å². The number of azo groups is 1. The van der Waals surface area contributed by atoms with Crippen LogP contribution in [0.4, 0.5) is 0 Å². The highest BCUT2D eigenvalue weighted by Crippen LogP contribution is 2.21. The third kappa shape index (κ3) is 1.85. The zero-order valence-electron chi connectivity index (χ0n) is 8.16. The number of rotatable bonds is 3. The van der Waals surface area contributed by atoms with Crippen LogP contribution >= 0.6 is 0 Å². The topological polar surface area (TPSA) is 84.9 Å². The van der Waals surface area contributed by atoms with Crippen molar-refractivity contribution in [3.63, 3.8) is 0 Å². The van der Waals surface area contributed by atoms with Crippen LogP contribution in [-0.4, -0.2) is 10.8 Å². The lowest BCUT2D eigenvalue weighted by Gasteiger charge is -1.98. The normalized spacial score (nSPS) is 14.6. The van der Waals surface area contributed by atoms with Crippen LogP contribution in [0, 0.1) is 10.1 Å². The Morgan fingerprint density at radius 2 is 1.88 bits per heavy atom. The van der Waals surface area contributed by atoms with Gasteiger partial charge < -0.3 is 10.1 Å². The summed E-state index contributed by atoms with van der Waals surface area (Å²) < 4.78 is 0. The molecule has 80 valence electrons. The Kier molecular flexibility index (Phi) is 2.55. The molecule has 0 fully saturated rings. The molecule has 6 nitrogen and oxygen atoms in total. The molecule has 2 rings (SSSR count). The smallest absolute Gasteiger partial charge is 0.358 e. The van der Waals surface area contributed by atoms with Crippen molar-refractivity contribution in [3.05, 3.63) is 57.4 Å². The lowest BCUT2D eigenvalue weighted by atomic mass is 10.1. The van der Waals surface area contributed by atoms with Gasteiger partial charge in [0.25, 0.3) is 0 Å². The van der Waals surface area contributed by atoms with E-state index >= 15 is 0 Å². The molecule has 1 aromatic rings. The fourth-order valence-corrected chi connectivity index (χ4v) is 1.41. The zero-order chi connectivity index (χ0) is 11.5. The van der Waals surface area contributed by atoms with E-state index in [4.69, 9.17) is 0 Å². The zero-order valence-corrected chi connectivity index (χ0v) is 8.16. The molecule has 6 heteroatoms. The molecule has 0 aromatic heterocycles. The summed E-state index contributed by atoms with van der Waals surface area (Å²) in [5.41, 5.74) is 0.855. The number of hydrogen-bond acceptors (Lipinski definition) is 4. The number of carbonyl (C=O) groups is 1. The average molecular weight is 217 g/mol. The molecule has 0 unspecified atom stereocenters. The van der Waals surface area contributed by atoms with Crippen molar-refractivity contribution in [2.24, 2.45) is 10.2 Å². The molecule has 1 amide bonds. The van der Waals surface area contributed by atoms with E-state index in [1.165, 1.54) is 0 Å². The Bertz CT molecular complexity index is 505. The monoisotopic (exact) mass is 217 g/mol. The summed E-state index contributed by atoms with van der Waals surface area (Å²) in [6.07, 6.45) is 0.184. The number of carbonyl (C=O) groups excluding carboxylic acids is 1. The van der Waals surface area contributed by atoms with Crippen LogP contribution in [0.5, 0.6) is 0 Å². The lowest BCUT2D eigenvalue weighted by Crippen LogP contribution is -2.05. The van der Waals surface area contributed by atoms with Gasteiger partial charge >= 0.3 is 11.7 Å². The molecular formula is C10H7N3O3. The van der Waals surface area contributed by atoms with Gasteiger partial charge in [-0.1, -0.05) is 30.3 Å². The Hall–Kier alpha value is -2.37. The highest BCUT2D eigenvalue weighted by Gasteiger charge is 2.31. The average Bonchev–Trinajstić information content (AvgIpc) is 2.62. The molecule has 16 heavy (non-hydrogen) atoms. The van der Waals surface area contributed by atoms with Crippen molar-refractivity contribution in [3.8, 4) is 0 Å². The fourth-order valence-electron chi connectivity index (χ4n) is 1.41. The third-order valence-electron chi connectivity index (χ3n) is 2.16. The highest BCUT2D eigenvalue weighted by molar-refractivity contribution is 5.96. The molecule has 0 radical (unpaired) electrons. The first-order valence-corrected chi connectivity index (χ1v) is 4.56. The molecule has 0 saturated carbocycles. The van der Waals surface area contributed by atoms with Crippen LogP contribution in [-0.2, 0) is 11.2 Å². The lowest BCUT2D eigenvalue weighted by molar-refractivity contribution is -0.427. The van der Waals surface area contributed by atoms with Crippen LogP contribution in [0.3, 0.4) is 0 Å². The molecular weight excluding hydrogens is 210 g/mol. The molecule has 0 atom stereocenters. The van der Waals surface area contributed by atoms with Crippen molar-refractivity contribution in [2.45, 2.75) is 6.42 Å². The van der Waals surface area contributed by atoms with E-state index in [-0.39, 0.29) is 12.0 Å². The second-order valence-electron chi connectivity index (χ2n) is 3.23. The van der Waals surface area contributed by atoms with E-state index in [0.717, 1.165) is 5.56 Å². The minimum absolute atomic E-state index is 0.0381. The van der Waals surface area contributed by atoms with Crippen molar-refractivity contribution < 1.29 is 9.72 Å². The van der Waals surface area contributed by atoms with Gasteiger partial charge in [-0.25, -0.2) is 0 Å². The van der Waals surface area contributed by atoms with Gasteiger partial charge in [0.2, 0.25) is 0 Å². The molecule has 1 aliphatic rings. The Balaban J connectivity index is 2.31. The van der Waals surface area contributed by atoms with Gasteiger partial charge in [-0.05, 0) is 10.5 Å². The van der Waals surface area contributed by atoms with Gasteiger partial charge in [-0.15, -0.1) is 0 Å². The molecule has 0 N–H and O–H groups in total. The van der Waals surface area contributed by atoms with Gasteiger partial charge in [0.1, 0.15) is 5.57 Å². The van der Waals surface area contributed by atoms with Crippen molar-refractivity contribution in [1.82, 2.24) is 0 Å². The Labute approximate surface area is 90.5 Å². The first kappa shape index (κ1) is 10.2. The van der Waals surface area contributed by atoms with Crippen molar-refractivity contribution >= 4 is 5.91 Å². The summed E-state index contributed by atoms with van der Waals surface area (Å²) in [4.78, 5) is 21.2. The molecule has 1 aliphatic heterocycles. The van der Waals surface area contributed by atoms with E-state index in [1.807, 2.05) is 6.07 Å². The molecule has 0 bridgehead atoms. The predicted molar refractivity (Wildman–Crippen MR) is 54.0 cm³/mol. The molecule has 0 saturated heterocycles. The molecule has 1 aromatic carbocycles. The van der Waals surface area contributed by atoms with E-state index in [9.17, 15) is 14.9 Å². The van der Waals surface area contributed by atoms with Crippen LogP contribution in [0.2, 0.25) is 0 Å². The van der Waals surface area contributed by atoms with E-state index in [0.29, 0.717) is 0 Å². The Morgan fingerprint density at radius 1 is 1.19 bits per heavy atom. The van der Waals surface area contributed by atoms with Crippen LogP contribution in [0.1, 0.15) is 5.56 Å². The summed E-state index contributed by atoms with van der Waals surface area (Å²) >= 11 is 0. The van der Waals surface area contributed by atoms with Gasteiger partial charge in [0.05, 0.1) is 5.11 Å². The maximum atomic E-state index is 11.3. The van der Waals surface area contributed by atoms with Crippen LogP contribution < -0.4 is 0 Å². The second-order valence-corrected chi connectivity index (χ2v) is 3.23. The standard InChI is InChI=1S/C10H7N3O3/c14-10-8(9(11-12-10)13(15)16)6-7-4-2-1-3-5-7/h1-5H,6H2. The summed E-state index contributed by atoms with van der Waals surface area (Å²) in [6, 6.07) is 9.01. The third-order valence-corrected chi connectivity index (χ3v) is 2.16. The van der Waals surface area contributed by atoms with Gasteiger partial charge in [-0.3, -0.25) is 4.79 Å². The minimum atomic E-state index is -0.688. The number of hydrogen-bond donors (Lipinski definition) is 0. The van der Waals surface area contributed by atoms with Crippen molar-refractivity contribution in [1.29, 1.82) is 0 Å². The highest BCUT2D eigenvalue weighted by atomic mass is 16.6. The Morgan fingerprint density at radius 3 is 2.50 bits per heavy atom. The summed E-state index contributed by atoms with van der Waals surface area (Å²) in [5, 5.41) is 17.0. The number of nitrogens with zero attached hydrogens (tertiary/aromatic N) is 3. The van der Waals surface area contributed by atoms with E-state index in [2.05, 4.69) is 10.2 Å². The van der Waals surface area contributed by atoms with E-state index < -0.39 is 16.7 Å². The van der Waals surface area contributed by atoms with Gasteiger partial charge in [-0.2, -0.15) is 0 Å². The minimum Gasteiger partial charge on any atom is -0.358 e. The fraction of sp³-hybridized carbons (Fsp3) is 0.100. The van der Waals surface area contributed by atoms with Crippen molar-refractivity contribution in [2.75, 3.05) is 0 Å². The number of nitro groups is 1. The van der Waals surface area contributed by atoms with Gasteiger partial charge in [0, 0.05) is 11.5 Å². The largest absolute Gasteiger partial charge is 0.400 e. The maximum absolute atomic E-state index is 11.3. The van der Waals surface area contributed by atoms with Crippen LogP contribution in [0.15, 0.2) is 52.0 Å².